The number of esters is 1. The molecule has 162 valence electrons. The predicted octanol–water partition coefficient (Wildman–Crippen LogP) is 3.69. The van der Waals surface area contributed by atoms with Crippen molar-refractivity contribution in [2.24, 2.45) is 0 Å². The standard InChI is InChI=1S/C21H20FN3O5S/c1-13(31-12-18(26)23-16-8-6-15(22)7-9-16)21(27)29-11-19-24-20(25-30-19)14-4-3-5-17(10-14)28-2/h3-10,13H,11-12H2,1-2H3,(H,23,26). The van der Waals surface area contributed by atoms with Gasteiger partial charge < -0.3 is 19.3 Å². The zero-order chi connectivity index (χ0) is 22.2. The average Bonchev–Trinajstić information content (AvgIpc) is 3.26. The Hall–Kier alpha value is -3.40. The van der Waals surface area contributed by atoms with Gasteiger partial charge in [-0.15, -0.1) is 11.8 Å². The second-order valence-corrected chi connectivity index (χ2v) is 7.69. The number of nitrogens with one attached hydrogen (secondary N) is 1. The molecule has 8 nitrogen and oxygen atoms in total. The quantitative estimate of drug-likeness (QED) is 0.498. The summed E-state index contributed by atoms with van der Waals surface area (Å²) in [5, 5.41) is 5.92. The maximum absolute atomic E-state index is 12.9. The fraction of sp³-hybridized carbons (Fsp3) is 0.238. The molecule has 0 saturated carbocycles. The van der Waals surface area contributed by atoms with Crippen molar-refractivity contribution < 1.29 is 28.0 Å². The summed E-state index contributed by atoms with van der Waals surface area (Å²) in [6.45, 7) is 1.45. The number of rotatable bonds is 9. The van der Waals surface area contributed by atoms with Gasteiger partial charge in [-0.3, -0.25) is 9.59 Å². The van der Waals surface area contributed by atoms with Gasteiger partial charge in [0.05, 0.1) is 12.9 Å². The number of nitrogens with zero attached hydrogens (tertiary/aromatic N) is 2. The highest BCUT2D eigenvalue weighted by Gasteiger charge is 2.19. The number of amides is 1. The molecule has 1 unspecified atom stereocenters. The van der Waals surface area contributed by atoms with E-state index in [1.807, 2.05) is 0 Å². The van der Waals surface area contributed by atoms with Crippen molar-refractivity contribution in [3.63, 3.8) is 0 Å². The Labute approximate surface area is 182 Å². The van der Waals surface area contributed by atoms with Gasteiger partial charge in [-0.1, -0.05) is 17.3 Å². The van der Waals surface area contributed by atoms with Crippen LogP contribution in [0, 0.1) is 5.82 Å². The van der Waals surface area contributed by atoms with Gasteiger partial charge in [0, 0.05) is 11.3 Å². The van der Waals surface area contributed by atoms with Crippen LogP contribution in [0.5, 0.6) is 5.75 Å². The highest BCUT2D eigenvalue weighted by molar-refractivity contribution is 8.01. The summed E-state index contributed by atoms with van der Waals surface area (Å²) in [6, 6.07) is 12.6. The first-order valence-electron chi connectivity index (χ1n) is 9.25. The zero-order valence-electron chi connectivity index (χ0n) is 16.8. The lowest BCUT2D eigenvalue weighted by Gasteiger charge is -2.10. The number of carbonyl (C=O) groups is 2. The number of aromatic nitrogens is 2. The summed E-state index contributed by atoms with van der Waals surface area (Å²) in [7, 11) is 1.56. The van der Waals surface area contributed by atoms with E-state index in [9.17, 15) is 14.0 Å². The van der Waals surface area contributed by atoms with Gasteiger partial charge in [-0.25, -0.2) is 4.39 Å². The largest absolute Gasteiger partial charge is 0.497 e. The third-order valence-electron chi connectivity index (χ3n) is 4.06. The summed E-state index contributed by atoms with van der Waals surface area (Å²) in [5.41, 5.74) is 1.18. The summed E-state index contributed by atoms with van der Waals surface area (Å²) in [6.07, 6.45) is 0. The fourth-order valence-corrected chi connectivity index (χ4v) is 3.12. The molecule has 1 amide bonds. The van der Waals surface area contributed by atoms with Gasteiger partial charge in [0.15, 0.2) is 6.61 Å². The third kappa shape index (κ3) is 6.54. The van der Waals surface area contributed by atoms with E-state index in [0.717, 1.165) is 11.8 Å². The van der Waals surface area contributed by atoms with Crippen molar-refractivity contribution in [3.05, 3.63) is 60.2 Å². The third-order valence-corrected chi connectivity index (χ3v) is 5.18. The summed E-state index contributed by atoms with van der Waals surface area (Å²) < 4.78 is 28.4. The van der Waals surface area contributed by atoms with Gasteiger partial charge in [0.1, 0.15) is 16.8 Å². The van der Waals surface area contributed by atoms with E-state index in [1.165, 1.54) is 24.3 Å². The van der Waals surface area contributed by atoms with Crippen LogP contribution in [0.1, 0.15) is 12.8 Å². The van der Waals surface area contributed by atoms with E-state index in [1.54, 1.807) is 38.3 Å². The Balaban J connectivity index is 1.44. The van der Waals surface area contributed by atoms with Crippen LogP contribution in [0.3, 0.4) is 0 Å². The molecule has 1 heterocycles. The number of ether oxygens (including phenoxy) is 2. The monoisotopic (exact) mass is 445 g/mol. The SMILES string of the molecule is COc1cccc(-c2noc(COC(=O)C(C)SCC(=O)Nc3ccc(F)cc3)n2)c1. The van der Waals surface area contributed by atoms with E-state index >= 15 is 0 Å². The molecule has 0 aliphatic rings. The normalized spacial score (nSPS) is 11.6. The summed E-state index contributed by atoms with van der Waals surface area (Å²) in [5.74, 6) is -0.0157. The first-order chi connectivity index (χ1) is 14.9. The molecular weight excluding hydrogens is 425 g/mol. The Bertz CT molecular complexity index is 1040. The minimum absolute atomic E-state index is 0.0359. The molecule has 1 N–H and O–H groups in total. The lowest BCUT2D eigenvalue weighted by atomic mass is 10.2. The number of hydrogen-bond donors (Lipinski definition) is 1. The molecule has 2 aromatic carbocycles. The maximum atomic E-state index is 12.9. The topological polar surface area (TPSA) is 104 Å². The molecule has 0 radical (unpaired) electrons. The van der Waals surface area contributed by atoms with Crippen molar-refractivity contribution >= 4 is 29.3 Å². The Morgan fingerprint density at radius 1 is 1.23 bits per heavy atom. The van der Waals surface area contributed by atoms with Crippen LogP contribution in [0.2, 0.25) is 0 Å². The zero-order valence-corrected chi connectivity index (χ0v) is 17.6. The Morgan fingerprint density at radius 3 is 2.74 bits per heavy atom. The lowest BCUT2D eigenvalue weighted by Crippen LogP contribution is -2.21. The number of benzene rings is 2. The minimum Gasteiger partial charge on any atom is -0.497 e. The molecule has 10 heteroatoms. The van der Waals surface area contributed by atoms with Crippen molar-refractivity contribution in [1.82, 2.24) is 10.1 Å². The molecule has 1 atom stereocenters. The first-order valence-corrected chi connectivity index (χ1v) is 10.3. The van der Waals surface area contributed by atoms with Crippen LogP contribution in [0.25, 0.3) is 11.4 Å². The van der Waals surface area contributed by atoms with E-state index in [4.69, 9.17) is 14.0 Å². The van der Waals surface area contributed by atoms with Crippen LogP contribution in [-0.4, -0.2) is 40.1 Å². The molecule has 3 aromatic rings. The molecule has 0 saturated heterocycles. The predicted molar refractivity (Wildman–Crippen MR) is 113 cm³/mol. The molecule has 0 aliphatic carbocycles. The number of hydrogen-bond acceptors (Lipinski definition) is 8. The molecule has 0 fully saturated rings. The number of thioether (sulfide) groups is 1. The number of methoxy groups -OCH3 is 1. The number of halogens is 1. The maximum Gasteiger partial charge on any atom is 0.319 e. The van der Waals surface area contributed by atoms with Crippen molar-refractivity contribution in [3.8, 4) is 17.1 Å². The van der Waals surface area contributed by atoms with Gasteiger partial charge in [0.2, 0.25) is 11.7 Å². The van der Waals surface area contributed by atoms with Crippen LogP contribution in [0.15, 0.2) is 53.1 Å². The van der Waals surface area contributed by atoms with Crippen molar-refractivity contribution in [2.45, 2.75) is 18.8 Å². The van der Waals surface area contributed by atoms with Gasteiger partial charge in [-0.05, 0) is 43.3 Å². The number of carbonyl (C=O) groups excluding carboxylic acids is 2. The molecule has 1 aromatic heterocycles. The fourth-order valence-electron chi connectivity index (χ4n) is 2.44. The van der Waals surface area contributed by atoms with E-state index in [2.05, 4.69) is 15.5 Å². The molecule has 31 heavy (non-hydrogen) atoms. The van der Waals surface area contributed by atoms with Crippen LogP contribution in [-0.2, 0) is 20.9 Å². The van der Waals surface area contributed by atoms with Crippen molar-refractivity contribution in [2.75, 3.05) is 18.2 Å². The highest BCUT2D eigenvalue weighted by Crippen LogP contribution is 2.21. The average molecular weight is 445 g/mol. The molecule has 0 aliphatic heterocycles. The van der Waals surface area contributed by atoms with E-state index in [-0.39, 0.29) is 30.0 Å². The number of anilines is 1. The van der Waals surface area contributed by atoms with Gasteiger partial charge >= 0.3 is 5.97 Å². The lowest BCUT2D eigenvalue weighted by molar-refractivity contribution is -0.144. The van der Waals surface area contributed by atoms with E-state index < -0.39 is 11.2 Å². The van der Waals surface area contributed by atoms with Crippen LogP contribution < -0.4 is 10.1 Å². The Kier molecular flexibility index (Phi) is 7.60. The summed E-state index contributed by atoms with van der Waals surface area (Å²) in [4.78, 5) is 28.3. The minimum atomic E-state index is -0.584. The molecule has 0 bridgehead atoms. The van der Waals surface area contributed by atoms with Crippen LogP contribution >= 0.6 is 11.8 Å². The van der Waals surface area contributed by atoms with Crippen molar-refractivity contribution in [1.29, 1.82) is 0 Å². The van der Waals surface area contributed by atoms with E-state index in [0.29, 0.717) is 22.8 Å². The second kappa shape index (κ2) is 10.6. The summed E-state index contributed by atoms with van der Waals surface area (Å²) >= 11 is 1.12. The highest BCUT2D eigenvalue weighted by atomic mass is 32.2. The molecule has 0 spiro atoms. The Morgan fingerprint density at radius 2 is 2.00 bits per heavy atom. The van der Waals surface area contributed by atoms with Crippen LogP contribution in [0.4, 0.5) is 10.1 Å². The van der Waals surface area contributed by atoms with Gasteiger partial charge in [0.25, 0.3) is 5.89 Å². The molecule has 3 rings (SSSR count). The molecular formula is C21H20FN3O5S. The second-order valence-electron chi connectivity index (χ2n) is 6.36. The van der Waals surface area contributed by atoms with Gasteiger partial charge in [-0.2, -0.15) is 4.98 Å². The first kappa shape index (κ1) is 22.3. The smallest absolute Gasteiger partial charge is 0.319 e.